The fourth-order valence-electron chi connectivity index (χ4n) is 3.24. The fraction of sp³-hybridized carbons (Fsp3) is 0.429. The van der Waals surface area contributed by atoms with Gasteiger partial charge < -0.3 is 24.7 Å². The van der Waals surface area contributed by atoms with E-state index < -0.39 is 4.92 Å². The van der Waals surface area contributed by atoms with Gasteiger partial charge in [0, 0.05) is 31.3 Å². The third-order valence-corrected chi connectivity index (χ3v) is 4.94. The molecular formula is C21H28IN5O5. The van der Waals surface area contributed by atoms with Crippen LogP contribution in [0.4, 0.5) is 10.5 Å². The molecule has 1 fully saturated rings. The zero-order valence-electron chi connectivity index (χ0n) is 17.9. The number of non-ortho nitro benzene ring substituents is 1. The Morgan fingerprint density at radius 3 is 2.59 bits per heavy atom. The maximum Gasteiger partial charge on any atom is 0.409 e. The van der Waals surface area contributed by atoms with Crippen molar-refractivity contribution in [3.05, 3.63) is 64.1 Å². The Morgan fingerprint density at radius 1 is 1.28 bits per heavy atom. The standard InChI is InChI=1S/C21H27N5O5.HI/c1-2-30-21(27)25-11-9-17(10-12-25)24-20(23-15-19-4-3-13-31-19)22-14-16-5-7-18(8-6-16)26(28)29;/h3-8,13,17H,2,9-12,14-15H2,1H3,(H2,22,23,24);1H. The van der Waals surface area contributed by atoms with Gasteiger partial charge in [-0.25, -0.2) is 9.79 Å². The number of guanidine groups is 1. The summed E-state index contributed by atoms with van der Waals surface area (Å²) in [7, 11) is 0. The number of piperidine rings is 1. The highest BCUT2D eigenvalue weighted by molar-refractivity contribution is 14.0. The molecule has 1 saturated heterocycles. The monoisotopic (exact) mass is 557 g/mol. The minimum Gasteiger partial charge on any atom is -0.467 e. The first-order chi connectivity index (χ1) is 15.0. The largest absolute Gasteiger partial charge is 0.467 e. The van der Waals surface area contributed by atoms with Crippen molar-refractivity contribution in [2.24, 2.45) is 4.99 Å². The van der Waals surface area contributed by atoms with Crippen molar-refractivity contribution in [1.29, 1.82) is 0 Å². The summed E-state index contributed by atoms with van der Waals surface area (Å²) in [6.45, 7) is 4.24. The smallest absolute Gasteiger partial charge is 0.409 e. The van der Waals surface area contributed by atoms with Crippen LogP contribution in [-0.2, 0) is 17.8 Å². The summed E-state index contributed by atoms with van der Waals surface area (Å²) in [4.78, 5) is 28.6. The van der Waals surface area contributed by atoms with Crippen LogP contribution in [0.15, 0.2) is 52.1 Å². The van der Waals surface area contributed by atoms with Gasteiger partial charge in [0.05, 0.1) is 30.9 Å². The Morgan fingerprint density at radius 2 is 2.00 bits per heavy atom. The number of benzene rings is 1. The van der Waals surface area contributed by atoms with Gasteiger partial charge in [0.2, 0.25) is 0 Å². The minimum absolute atomic E-state index is 0. The summed E-state index contributed by atoms with van der Waals surface area (Å²) in [6, 6.07) is 10.2. The molecule has 0 atom stereocenters. The van der Waals surface area contributed by atoms with E-state index in [0.717, 1.165) is 24.2 Å². The molecule has 0 bridgehead atoms. The predicted octanol–water partition coefficient (Wildman–Crippen LogP) is 3.66. The second kappa shape index (κ2) is 12.9. The van der Waals surface area contributed by atoms with Crippen LogP contribution < -0.4 is 10.6 Å². The molecule has 2 N–H and O–H groups in total. The summed E-state index contributed by atoms with van der Waals surface area (Å²) >= 11 is 0. The van der Waals surface area contributed by atoms with Crippen LogP contribution in [-0.4, -0.2) is 47.6 Å². The molecular weight excluding hydrogens is 529 g/mol. The number of rotatable bonds is 7. The molecule has 1 aliphatic rings. The number of nitrogens with zero attached hydrogens (tertiary/aromatic N) is 3. The molecule has 1 aromatic heterocycles. The molecule has 2 aromatic rings. The van der Waals surface area contributed by atoms with Crippen LogP contribution in [0.3, 0.4) is 0 Å². The first kappa shape index (κ1) is 25.4. The molecule has 0 unspecified atom stereocenters. The number of ether oxygens (including phenoxy) is 1. The first-order valence-electron chi connectivity index (χ1n) is 10.3. The molecule has 10 nitrogen and oxygen atoms in total. The number of likely N-dealkylation sites (tertiary alicyclic amines) is 1. The van der Waals surface area contributed by atoms with Crippen LogP contribution in [0.25, 0.3) is 0 Å². The van der Waals surface area contributed by atoms with Gasteiger partial charge in [-0.15, -0.1) is 24.0 Å². The number of amides is 1. The summed E-state index contributed by atoms with van der Waals surface area (Å²) in [5.74, 6) is 1.39. The number of hydrogen-bond donors (Lipinski definition) is 2. The van der Waals surface area contributed by atoms with E-state index in [9.17, 15) is 14.9 Å². The Kier molecular flexibility index (Phi) is 10.2. The molecule has 1 aromatic carbocycles. The number of carbonyl (C=O) groups excluding carboxylic acids is 1. The van der Waals surface area contributed by atoms with E-state index in [1.54, 1.807) is 30.2 Å². The van der Waals surface area contributed by atoms with Crippen molar-refractivity contribution in [1.82, 2.24) is 15.5 Å². The van der Waals surface area contributed by atoms with Gasteiger partial charge in [-0.1, -0.05) is 12.1 Å². The second-order valence-electron chi connectivity index (χ2n) is 7.13. The molecule has 11 heteroatoms. The van der Waals surface area contributed by atoms with Crippen LogP contribution in [0.5, 0.6) is 0 Å². The highest BCUT2D eigenvalue weighted by Crippen LogP contribution is 2.14. The van der Waals surface area contributed by atoms with Crippen molar-refractivity contribution in [2.75, 3.05) is 19.7 Å². The summed E-state index contributed by atoms with van der Waals surface area (Å²) in [5.41, 5.74) is 0.914. The highest BCUT2D eigenvalue weighted by Gasteiger charge is 2.24. The Labute approximate surface area is 203 Å². The van der Waals surface area contributed by atoms with Gasteiger partial charge >= 0.3 is 6.09 Å². The number of furan rings is 1. The van der Waals surface area contributed by atoms with Crippen molar-refractivity contribution < 1.29 is 18.9 Å². The number of aliphatic imine (C=N–C) groups is 1. The quantitative estimate of drug-likeness (QED) is 0.175. The third kappa shape index (κ3) is 7.70. The number of nitrogens with one attached hydrogen (secondary N) is 2. The van der Waals surface area contributed by atoms with Crippen molar-refractivity contribution in [2.45, 2.75) is 38.9 Å². The molecule has 174 valence electrons. The Hall–Kier alpha value is -2.83. The highest BCUT2D eigenvalue weighted by atomic mass is 127. The Bertz CT molecular complexity index is 880. The Balaban J connectivity index is 0.00000363. The van der Waals surface area contributed by atoms with Gasteiger partial charge in [-0.05, 0) is 37.5 Å². The normalized spacial score (nSPS) is 14.4. The average Bonchev–Trinajstić information content (AvgIpc) is 3.30. The van der Waals surface area contributed by atoms with Gasteiger partial charge in [0.25, 0.3) is 5.69 Å². The lowest BCUT2D eigenvalue weighted by Crippen LogP contribution is -2.49. The zero-order chi connectivity index (χ0) is 22.1. The van der Waals surface area contributed by atoms with E-state index in [-0.39, 0.29) is 41.8 Å². The second-order valence-corrected chi connectivity index (χ2v) is 7.13. The van der Waals surface area contributed by atoms with E-state index in [2.05, 4.69) is 15.6 Å². The molecule has 3 rings (SSSR count). The van der Waals surface area contributed by atoms with E-state index >= 15 is 0 Å². The maximum absolute atomic E-state index is 11.9. The van der Waals surface area contributed by atoms with Crippen LogP contribution in [0, 0.1) is 10.1 Å². The molecule has 0 saturated carbocycles. The summed E-state index contributed by atoms with van der Waals surface area (Å²) < 4.78 is 10.4. The van der Waals surface area contributed by atoms with Gasteiger partial charge in [-0.3, -0.25) is 10.1 Å². The number of nitro benzene ring substituents is 1. The van der Waals surface area contributed by atoms with Gasteiger partial charge in [0.15, 0.2) is 5.96 Å². The van der Waals surface area contributed by atoms with E-state index in [1.807, 2.05) is 12.1 Å². The number of nitro groups is 1. The van der Waals surface area contributed by atoms with Crippen molar-refractivity contribution in [3.63, 3.8) is 0 Å². The first-order valence-corrected chi connectivity index (χ1v) is 10.3. The summed E-state index contributed by atoms with van der Waals surface area (Å²) in [5, 5.41) is 17.5. The molecule has 0 aliphatic carbocycles. The minimum atomic E-state index is -0.423. The maximum atomic E-state index is 11.9. The summed E-state index contributed by atoms with van der Waals surface area (Å²) in [6.07, 6.45) is 2.89. The molecule has 1 amide bonds. The van der Waals surface area contributed by atoms with Crippen molar-refractivity contribution in [3.8, 4) is 0 Å². The number of halogens is 1. The molecule has 1 aliphatic heterocycles. The van der Waals surface area contributed by atoms with E-state index in [0.29, 0.717) is 38.7 Å². The van der Waals surface area contributed by atoms with E-state index in [1.165, 1.54) is 12.1 Å². The topological polar surface area (TPSA) is 122 Å². The van der Waals surface area contributed by atoms with E-state index in [4.69, 9.17) is 9.15 Å². The van der Waals surface area contributed by atoms with Crippen LogP contribution >= 0.6 is 24.0 Å². The SMILES string of the molecule is CCOC(=O)N1CCC(NC(=NCc2ccc([N+](=O)[O-])cc2)NCc2ccco2)CC1.I. The lowest BCUT2D eigenvalue weighted by molar-refractivity contribution is -0.384. The fourth-order valence-corrected chi connectivity index (χ4v) is 3.24. The number of hydrogen-bond acceptors (Lipinski definition) is 6. The number of carbonyl (C=O) groups is 1. The molecule has 2 heterocycles. The average molecular weight is 557 g/mol. The molecule has 32 heavy (non-hydrogen) atoms. The zero-order valence-corrected chi connectivity index (χ0v) is 20.2. The van der Waals surface area contributed by atoms with Gasteiger partial charge in [0.1, 0.15) is 5.76 Å². The molecule has 0 spiro atoms. The lowest BCUT2D eigenvalue weighted by atomic mass is 10.1. The predicted molar refractivity (Wildman–Crippen MR) is 130 cm³/mol. The van der Waals surface area contributed by atoms with Crippen LogP contribution in [0.1, 0.15) is 31.1 Å². The molecule has 0 radical (unpaired) electrons. The van der Waals surface area contributed by atoms with Crippen molar-refractivity contribution >= 4 is 41.7 Å². The lowest BCUT2D eigenvalue weighted by Gasteiger charge is -2.32. The van der Waals surface area contributed by atoms with Gasteiger partial charge in [-0.2, -0.15) is 0 Å². The third-order valence-electron chi connectivity index (χ3n) is 4.94. The van der Waals surface area contributed by atoms with Crippen LogP contribution in [0.2, 0.25) is 0 Å².